The third kappa shape index (κ3) is 7.91. The predicted molar refractivity (Wildman–Crippen MR) is 128 cm³/mol. The van der Waals surface area contributed by atoms with E-state index in [4.69, 9.17) is 9.47 Å². The third-order valence-electron chi connectivity index (χ3n) is 6.53. The van der Waals surface area contributed by atoms with Crippen LogP contribution < -0.4 is 5.32 Å². The van der Waals surface area contributed by atoms with Crippen molar-refractivity contribution in [2.45, 2.75) is 104 Å². The van der Waals surface area contributed by atoms with Crippen molar-refractivity contribution in [1.82, 2.24) is 5.32 Å². The number of nitrogens with one attached hydrogen (secondary N) is 1. The van der Waals surface area contributed by atoms with Crippen LogP contribution in [0.5, 0.6) is 0 Å². The lowest BCUT2D eigenvalue weighted by molar-refractivity contribution is -0.171. The second kappa shape index (κ2) is 14.3. The lowest BCUT2D eigenvalue weighted by atomic mass is 9.86. The van der Waals surface area contributed by atoms with Gasteiger partial charge in [0.1, 0.15) is 0 Å². The van der Waals surface area contributed by atoms with Gasteiger partial charge in [-0.1, -0.05) is 69.7 Å². The van der Waals surface area contributed by atoms with Crippen molar-refractivity contribution in [2.24, 2.45) is 5.41 Å². The molecule has 5 heteroatoms. The average molecular weight is 446 g/mol. The van der Waals surface area contributed by atoms with Gasteiger partial charge >= 0.3 is 11.9 Å². The van der Waals surface area contributed by atoms with Crippen molar-refractivity contribution >= 4 is 11.9 Å². The Balaban J connectivity index is 1.77. The van der Waals surface area contributed by atoms with Gasteiger partial charge in [-0.2, -0.15) is 0 Å². The van der Waals surface area contributed by atoms with Crippen LogP contribution in [0, 0.1) is 5.41 Å². The van der Waals surface area contributed by atoms with Gasteiger partial charge in [0.25, 0.3) is 0 Å². The van der Waals surface area contributed by atoms with E-state index < -0.39 is 17.4 Å². The van der Waals surface area contributed by atoms with Gasteiger partial charge in [0.05, 0.1) is 13.2 Å². The number of rotatable bonds is 15. The molecule has 0 saturated heterocycles. The molecule has 2 rings (SSSR count). The molecular formula is C27H43NO4. The number of esters is 2. The van der Waals surface area contributed by atoms with Crippen LogP contribution >= 0.6 is 0 Å². The van der Waals surface area contributed by atoms with Crippen LogP contribution in [0.25, 0.3) is 0 Å². The monoisotopic (exact) mass is 445 g/mol. The molecule has 0 bridgehead atoms. The molecule has 1 saturated carbocycles. The molecule has 1 aromatic carbocycles. The highest BCUT2D eigenvalue weighted by atomic mass is 16.6. The number of hydrogen-bond acceptors (Lipinski definition) is 5. The van der Waals surface area contributed by atoms with Gasteiger partial charge in [0.15, 0.2) is 5.41 Å². The summed E-state index contributed by atoms with van der Waals surface area (Å²) in [6, 6.07) is 8.91. The van der Waals surface area contributed by atoms with E-state index in [1.54, 1.807) is 13.8 Å². The molecular weight excluding hydrogens is 402 g/mol. The molecule has 5 nitrogen and oxygen atoms in total. The van der Waals surface area contributed by atoms with Crippen LogP contribution in [0.3, 0.4) is 0 Å². The maximum Gasteiger partial charge on any atom is 0.323 e. The summed E-state index contributed by atoms with van der Waals surface area (Å²) in [5, 5.41) is 3.53. The van der Waals surface area contributed by atoms with E-state index >= 15 is 0 Å². The van der Waals surface area contributed by atoms with Gasteiger partial charge in [0, 0.05) is 12.6 Å². The van der Waals surface area contributed by atoms with E-state index in [9.17, 15) is 9.59 Å². The zero-order valence-corrected chi connectivity index (χ0v) is 20.4. The highest BCUT2D eigenvalue weighted by Gasteiger charge is 2.53. The van der Waals surface area contributed by atoms with Crippen LogP contribution in [-0.4, -0.2) is 31.2 Å². The van der Waals surface area contributed by atoms with E-state index in [0.717, 1.165) is 19.4 Å². The maximum absolute atomic E-state index is 12.6. The highest BCUT2D eigenvalue weighted by molar-refractivity contribution is 6.00. The molecule has 180 valence electrons. The summed E-state index contributed by atoms with van der Waals surface area (Å²) in [4.78, 5) is 25.1. The first-order chi connectivity index (χ1) is 15.6. The normalized spacial score (nSPS) is 17.3. The van der Waals surface area contributed by atoms with E-state index in [-0.39, 0.29) is 19.3 Å². The molecule has 1 unspecified atom stereocenters. The van der Waals surface area contributed by atoms with Crippen LogP contribution in [0.4, 0.5) is 0 Å². The number of carbonyl (C=O) groups is 2. The Morgan fingerprint density at radius 1 is 0.875 bits per heavy atom. The van der Waals surface area contributed by atoms with Crippen molar-refractivity contribution < 1.29 is 19.1 Å². The summed E-state index contributed by atoms with van der Waals surface area (Å²) in [5.74, 6) is -0.894. The van der Waals surface area contributed by atoms with Gasteiger partial charge in [-0.25, -0.2) is 0 Å². The molecule has 1 aliphatic carbocycles. The number of hydrogen-bond donors (Lipinski definition) is 1. The van der Waals surface area contributed by atoms with E-state index in [2.05, 4.69) is 36.5 Å². The Bertz CT molecular complexity index is 667. The Hall–Kier alpha value is -1.88. The molecule has 1 fully saturated rings. The fourth-order valence-corrected chi connectivity index (χ4v) is 4.58. The van der Waals surface area contributed by atoms with Crippen LogP contribution in [0.1, 0.15) is 96.1 Å². The molecule has 0 aliphatic heterocycles. The summed E-state index contributed by atoms with van der Waals surface area (Å²) in [6.07, 6.45) is 12.1. The van der Waals surface area contributed by atoms with Gasteiger partial charge in [-0.3, -0.25) is 9.59 Å². The fourth-order valence-electron chi connectivity index (χ4n) is 4.58. The average Bonchev–Trinajstić information content (AvgIpc) is 3.24. The van der Waals surface area contributed by atoms with E-state index in [0.29, 0.717) is 12.8 Å². The molecule has 0 spiro atoms. The number of unbranched alkanes of at least 4 members (excludes halogenated alkanes) is 6. The van der Waals surface area contributed by atoms with Crippen molar-refractivity contribution in [3.63, 3.8) is 0 Å². The second-order valence-electron chi connectivity index (χ2n) is 9.03. The summed E-state index contributed by atoms with van der Waals surface area (Å²) < 4.78 is 10.4. The molecule has 0 amide bonds. The first kappa shape index (κ1) is 26.4. The van der Waals surface area contributed by atoms with Crippen molar-refractivity contribution in [3.05, 3.63) is 35.4 Å². The summed E-state index contributed by atoms with van der Waals surface area (Å²) in [6.45, 7) is 7.04. The molecule has 0 aromatic heterocycles. The SMILES string of the molecule is CCCCCCCCCc1ccc(CNC2CCC(C(=O)OCC)(C(=O)OCC)C2)cc1. The van der Waals surface area contributed by atoms with Crippen molar-refractivity contribution in [3.8, 4) is 0 Å². The summed E-state index contributed by atoms with van der Waals surface area (Å²) >= 11 is 0. The van der Waals surface area contributed by atoms with Gasteiger partial charge in [-0.05, 0) is 57.1 Å². The number of ether oxygens (including phenoxy) is 2. The second-order valence-corrected chi connectivity index (χ2v) is 9.03. The Morgan fingerprint density at radius 3 is 2.03 bits per heavy atom. The topological polar surface area (TPSA) is 64.6 Å². The first-order valence-corrected chi connectivity index (χ1v) is 12.7. The third-order valence-corrected chi connectivity index (χ3v) is 6.53. The molecule has 1 atom stereocenters. The molecule has 1 aromatic rings. The highest BCUT2D eigenvalue weighted by Crippen LogP contribution is 2.41. The van der Waals surface area contributed by atoms with Gasteiger partial charge in [0.2, 0.25) is 0 Å². The molecule has 0 heterocycles. The molecule has 0 radical (unpaired) electrons. The van der Waals surface area contributed by atoms with Crippen molar-refractivity contribution in [2.75, 3.05) is 13.2 Å². The molecule has 1 aliphatic rings. The summed E-state index contributed by atoms with van der Waals surface area (Å²) in [7, 11) is 0. The largest absolute Gasteiger partial charge is 0.465 e. The minimum absolute atomic E-state index is 0.0937. The lowest BCUT2D eigenvalue weighted by Gasteiger charge is -2.24. The van der Waals surface area contributed by atoms with Gasteiger partial charge < -0.3 is 14.8 Å². The standard InChI is InChI=1S/C27H43NO4/c1-4-7-8-9-10-11-12-13-22-14-16-23(17-15-22)21-28-24-18-19-27(20-24,25(29)31-5-2)26(30)32-6-3/h14-17,24,28H,4-13,18-21H2,1-3H3. The minimum atomic E-state index is -1.16. The van der Waals surface area contributed by atoms with E-state index in [1.165, 1.54) is 56.1 Å². The van der Waals surface area contributed by atoms with Crippen LogP contribution in [-0.2, 0) is 32.0 Å². The van der Waals surface area contributed by atoms with Gasteiger partial charge in [-0.15, -0.1) is 0 Å². The minimum Gasteiger partial charge on any atom is -0.465 e. The number of carbonyl (C=O) groups excluding carboxylic acids is 2. The Kier molecular flexibility index (Phi) is 11.8. The molecule has 32 heavy (non-hydrogen) atoms. The number of aryl methyl sites for hydroxylation is 1. The van der Waals surface area contributed by atoms with Crippen LogP contribution in [0.2, 0.25) is 0 Å². The Labute approximate surface area is 194 Å². The zero-order valence-electron chi connectivity index (χ0n) is 20.4. The quantitative estimate of drug-likeness (QED) is 0.212. The Morgan fingerprint density at radius 2 is 1.44 bits per heavy atom. The van der Waals surface area contributed by atoms with Crippen LogP contribution in [0.15, 0.2) is 24.3 Å². The molecule has 1 N–H and O–H groups in total. The number of benzene rings is 1. The lowest BCUT2D eigenvalue weighted by Crippen LogP contribution is -2.41. The predicted octanol–water partition coefficient (Wildman–Crippen LogP) is 5.73. The van der Waals surface area contributed by atoms with Crippen molar-refractivity contribution in [1.29, 1.82) is 0 Å². The fraction of sp³-hybridized carbons (Fsp3) is 0.704. The first-order valence-electron chi connectivity index (χ1n) is 12.7. The van der Waals surface area contributed by atoms with E-state index in [1.807, 2.05) is 0 Å². The maximum atomic E-state index is 12.6. The summed E-state index contributed by atoms with van der Waals surface area (Å²) in [5.41, 5.74) is 1.45. The smallest absolute Gasteiger partial charge is 0.323 e. The zero-order chi connectivity index (χ0) is 23.2.